The zero-order chi connectivity index (χ0) is 18.6. The molecule has 3 amide bonds. The Morgan fingerprint density at radius 3 is 2.40 bits per heavy atom. The molecule has 6 nitrogen and oxygen atoms in total. The van der Waals surface area contributed by atoms with Gasteiger partial charge in [0.1, 0.15) is 19.8 Å². The van der Waals surface area contributed by atoms with Gasteiger partial charge in [0, 0.05) is 18.2 Å². The monoisotopic (exact) mass is 345 g/mol. The van der Waals surface area contributed by atoms with Crippen molar-refractivity contribution in [3.63, 3.8) is 0 Å². The third-order valence-corrected chi connectivity index (χ3v) is 4.35. The Bertz CT molecular complexity index is 640. The van der Waals surface area contributed by atoms with Crippen LogP contribution in [-0.2, 0) is 14.4 Å². The topological polar surface area (TPSA) is 60.9 Å². The Kier molecular flexibility index (Phi) is 6.17. The minimum Gasteiger partial charge on any atom is -0.331 e. The Hall–Kier alpha value is -2.37. The van der Waals surface area contributed by atoms with Crippen LogP contribution in [0, 0.1) is 6.92 Å². The highest BCUT2D eigenvalue weighted by Gasteiger charge is 2.33. The van der Waals surface area contributed by atoms with Crippen LogP contribution in [0.5, 0.6) is 0 Å². The second kappa shape index (κ2) is 8.14. The number of hydrogen-bond donors (Lipinski definition) is 0. The number of anilines is 1. The summed E-state index contributed by atoms with van der Waals surface area (Å²) < 4.78 is 0. The van der Waals surface area contributed by atoms with E-state index in [1.54, 1.807) is 9.80 Å². The maximum Gasteiger partial charge on any atom is 0.248 e. The van der Waals surface area contributed by atoms with Gasteiger partial charge in [0.15, 0.2) is 0 Å². The predicted molar refractivity (Wildman–Crippen MR) is 97.0 cm³/mol. The van der Waals surface area contributed by atoms with Gasteiger partial charge in [-0.2, -0.15) is 0 Å². The van der Waals surface area contributed by atoms with Gasteiger partial charge in [-0.05, 0) is 39.3 Å². The summed E-state index contributed by atoms with van der Waals surface area (Å²) in [6.07, 6.45) is 1.18. The lowest BCUT2D eigenvalue weighted by Crippen LogP contribution is -2.45. The normalized spacial score (nSPS) is 14.4. The first-order valence-corrected chi connectivity index (χ1v) is 8.77. The summed E-state index contributed by atoms with van der Waals surface area (Å²) >= 11 is 0. The molecule has 0 aromatic heterocycles. The molecule has 1 aliphatic rings. The van der Waals surface area contributed by atoms with Gasteiger partial charge in [-0.15, -0.1) is 0 Å². The Balaban J connectivity index is 2.04. The van der Waals surface area contributed by atoms with E-state index in [9.17, 15) is 14.4 Å². The second-order valence-electron chi connectivity index (χ2n) is 6.76. The van der Waals surface area contributed by atoms with E-state index in [1.165, 1.54) is 4.90 Å². The van der Waals surface area contributed by atoms with Gasteiger partial charge in [0.25, 0.3) is 0 Å². The highest BCUT2D eigenvalue weighted by atomic mass is 16.2. The molecule has 1 fully saturated rings. The van der Waals surface area contributed by atoms with E-state index in [-0.39, 0.29) is 43.5 Å². The van der Waals surface area contributed by atoms with Crippen LogP contribution in [0.4, 0.5) is 5.69 Å². The van der Waals surface area contributed by atoms with Gasteiger partial charge in [0.05, 0.1) is 0 Å². The van der Waals surface area contributed by atoms with Crippen molar-refractivity contribution in [2.45, 2.75) is 46.6 Å². The maximum atomic E-state index is 12.6. The summed E-state index contributed by atoms with van der Waals surface area (Å²) in [5, 5.41) is 0. The lowest BCUT2D eigenvalue weighted by atomic mass is 10.2. The van der Waals surface area contributed by atoms with Crippen LogP contribution in [0.3, 0.4) is 0 Å². The molecule has 1 aliphatic heterocycles. The highest BCUT2D eigenvalue weighted by Crippen LogP contribution is 2.20. The van der Waals surface area contributed by atoms with E-state index in [2.05, 4.69) is 0 Å². The predicted octanol–water partition coefficient (Wildman–Crippen LogP) is 2.16. The van der Waals surface area contributed by atoms with E-state index in [4.69, 9.17) is 0 Å². The van der Waals surface area contributed by atoms with Crippen LogP contribution in [0.25, 0.3) is 0 Å². The van der Waals surface area contributed by atoms with Crippen molar-refractivity contribution in [3.8, 4) is 0 Å². The molecule has 136 valence electrons. The van der Waals surface area contributed by atoms with Crippen LogP contribution in [0.15, 0.2) is 24.3 Å². The van der Waals surface area contributed by atoms with E-state index in [0.717, 1.165) is 17.7 Å². The number of rotatable bonds is 6. The third kappa shape index (κ3) is 4.59. The molecule has 0 spiro atoms. The molecule has 0 atom stereocenters. The quantitative estimate of drug-likeness (QED) is 0.794. The van der Waals surface area contributed by atoms with Crippen LogP contribution < -0.4 is 4.90 Å². The molecule has 25 heavy (non-hydrogen) atoms. The van der Waals surface area contributed by atoms with Crippen molar-refractivity contribution in [3.05, 3.63) is 29.8 Å². The lowest BCUT2D eigenvalue weighted by molar-refractivity contribution is -0.141. The molecule has 6 heteroatoms. The van der Waals surface area contributed by atoms with Crippen molar-refractivity contribution in [2.24, 2.45) is 0 Å². The third-order valence-electron chi connectivity index (χ3n) is 4.35. The standard InChI is InChI=1S/C19H27N3O3/c1-5-6-17(23)21(14(2)3)12-18(24)20-11-19(25)22(13-20)16-9-7-15(4)8-10-16/h7-10,14H,5-6,11-13H2,1-4H3. The van der Waals surface area contributed by atoms with Crippen molar-refractivity contribution >= 4 is 23.4 Å². The first-order valence-electron chi connectivity index (χ1n) is 8.77. The van der Waals surface area contributed by atoms with Gasteiger partial charge in [-0.3, -0.25) is 19.3 Å². The first kappa shape index (κ1) is 19.0. The summed E-state index contributed by atoms with van der Waals surface area (Å²) in [5.74, 6) is -0.318. The summed E-state index contributed by atoms with van der Waals surface area (Å²) in [6, 6.07) is 7.60. The van der Waals surface area contributed by atoms with Gasteiger partial charge in [-0.1, -0.05) is 24.6 Å². The zero-order valence-corrected chi connectivity index (χ0v) is 15.5. The molecule has 0 unspecified atom stereocenters. The molecule has 0 N–H and O–H groups in total. The van der Waals surface area contributed by atoms with Crippen molar-refractivity contribution in [1.82, 2.24) is 9.80 Å². The largest absolute Gasteiger partial charge is 0.331 e. The molecular formula is C19H27N3O3. The number of aryl methyl sites for hydroxylation is 1. The number of nitrogens with zero attached hydrogens (tertiary/aromatic N) is 3. The number of amides is 3. The summed E-state index contributed by atoms with van der Waals surface area (Å²) in [4.78, 5) is 41.8. The maximum absolute atomic E-state index is 12.6. The van der Waals surface area contributed by atoms with Crippen LogP contribution in [-0.4, -0.2) is 53.3 Å². The molecule has 2 rings (SSSR count). The van der Waals surface area contributed by atoms with Crippen molar-refractivity contribution in [2.75, 3.05) is 24.7 Å². The molecule has 1 saturated heterocycles. The van der Waals surface area contributed by atoms with E-state index < -0.39 is 0 Å². The average Bonchev–Trinajstić information content (AvgIpc) is 2.95. The second-order valence-corrected chi connectivity index (χ2v) is 6.76. The fourth-order valence-electron chi connectivity index (χ4n) is 2.83. The Labute approximate surface area is 149 Å². The zero-order valence-electron chi connectivity index (χ0n) is 15.5. The molecular weight excluding hydrogens is 318 g/mol. The molecule has 0 saturated carbocycles. The molecule has 0 aliphatic carbocycles. The van der Waals surface area contributed by atoms with Crippen LogP contribution in [0.1, 0.15) is 39.2 Å². The van der Waals surface area contributed by atoms with E-state index in [1.807, 2.05) is 52.0 Å². The average molecular weight is 345 g/mol. The molecule has 1 aromatic carbocycles. The first-order chi connectivity index (χ1) is 11.8. The highest BCUT2D eigenvalue weighted by molar-refractivity contribution is 6.00. The summed E-state index contributed by atoms with van der Waals surface area (Å²) in [6.45, 7) is 8.03. The molecule has 0 bridgehead atoms. The van der Waals surface area contributed by atoms with Gasteiger partial charge in [0.2, 0.25) is 17.7 Å². The number of hydrogen-bond acceptors (Lipinski definition) is 3. The van der Waals surface area contributed by atoms with Crippen molar-refractivity contribution < 1.29 is 14.4 Å². The fourth-order valence-corrected chi connectivity index (χ4v) is 2.83. The van der Waals surface area contributed by atoms with Crippen LogP contribution in [0.2, 0.25) is 0 Å². The number of carbonyl (C=O) groups excluding carboxylic acids is 3. The van der Waals surface area contributed by atoms with Crippen molar-refractivity contribution in [1.29, 1.82) is 0 Å². The minimum absolute atomic E-state index is 0.0194. The Morgan fingerprint density at radius 2 is 1.84 bits per heavy atom. The van der Waals surface area contributed by atoms with E-state index >= 15 is 0 Å². The Morgan fingerprint density at radius 1 is 1.20 bits per heavy atom. The van der Waals surface area contributed by atoms with Gasteiger partial charge < -0.3 is 9.80 Å². The van der Waals surface area contributed by atoms with Crippen LogP contribution >= 0.6 is 0 Å². The SMILES string of the molecule is CCCC(=O)N(CC(=O)N1CC(=O)N(c2ccc(C)cc2)C1)C(C)C. The minimum atomic E-state index is -0.193. The summed E-state index contributed by atoms with van der Waals surface area (Å²) in [7, 11) is 0. The molecule has 1 heterocycles. The number of carbonyl (C=O) groups is 3. The van der Waals surface area contributed by atoms with E-state index in [0.29, 0.717) is 6.42 Å². The number of benzene rings is 1. The van der Waals surface area contributed by atoms with Gasteiger partial charge >= 0.3 is 0 Å². The fraction of sp³-hybridized carbons (Fsp3) is 0.526. The summed E-state index contributed by atoms with van der Waals surface area (Å²) in [5.41, 5.74) is 1.90. The smallest absolute Gasteiger partial charge is 0.248 e. The molecule has 1 aromatic rings. The lowest BCUT2D eigenvalue weighted by Gasteiger charge is -2.28. The van der Waals surface area contributed by atoms with Gasteiger partial charge in [-0.25, -0.2) is 0 Å². The molecule has 0 radical (unpaired) electrons.